The van der Waals surface area contributed by atoms with Gasteiger partial charge in [-0.15, -0.1) is 12.4 Å². The Morgan fingerprint density at radius 1 is 0.952 bits per heavy atom. The van der Waals surface area contributed by atoms with E-state index in [1.54, 1.807) is 0 Å². The van der Waals surface area contributed by atoms with E-state index in [2.05, 4.69) is 64.3 Å². The molecule has 1 fully saturated rings. The Labute approximate surface area is 132 Å². The van der Waals surface area contributed by atoms with E-state index < -0.39 is 0 Å². The summed E-state index contributed by atoms with van der Waals surface area (Å²) < 4.78 is 7.63. The Morgan fingerprint density at radius 2 is 1.62 bits per heavy atom. The molecule has 21 heavy (non-hydrogen) atoms. The number of hydrogen-bond donors (Lipinski definition) is 0. The predicted octanol–water partition coefficient (Wildman–Crippen LogP) is 2.48. The first kappa shape index (κ1) is 15.8. The van der Waals surface area contributed by atoms with Gasteiger partial charge in [-0.1, -0.05) is 30.3 Å². The summed E-state index contributed by atoms with van der Waals surface area (Å²) in [6, 6.07) is 15.0. The molecule has 3 nitrogen and oxygen atoms in total. The topological polar surface area (TPSA) is 16.4 Å². The van der Waals surface area contributed by atoms with Crippen molar-refractivity contribution in [3.8, 4) is 0 Å². The molecule has 0 amide bonds. The Kier molecular flexibility index (Phi) is 6.03. The van der Waals surface area contributed by atoms with Crippen LogP contribution in [-0.4, -0.2) is 26.3 Å². The summed E-state index contributed by atoms with van der Waals surface area (Å²) in [5, 5.41) is 0. The van der Waals surface area contributed by atoms with Crippen molar-refractivity contribution in [1.29, 1.82) is 0 Å². The number of benzene rings is 1. The van der Waals surface area contributed by atoms with Gasteiger partial charge in [0.1, 0.15) is 0 Å². The molecule has 1 aliphatic heterocycles. The maximum atomic E-state index is 5.39. The van der Waals surface area contributed by atoms with Crippen LogP contribution in [0.15, 0.2) is 54.9 Å². The van der Waals surface area contributed by atoms with Crippen LogP contribution in [0.5, 0.6) is 0 Å². The molecule has 1 aliphatic rings. The van der Waals surface area contributed by atoms with Crippen LogP contribution in [-0.2, 0) is 17.7 Å². The van der Waals surface area contributed by atoms with Gasteiger partial charge < -0.3 is 9.64 Å². The first-order valence-corrected chi connectivity index (χ1v) is 7.27. The van der Waals surface area contributed by atoms with Crippen LogP contribution < -0.4 is 9.47 Å². The van der Waals surface area contributed by atoms with Crippen LogP contribution in [0.1, 0.15) is 5.56 Å². The summed E-state index contributed by atoms with van der Waals surface area (Å²) in [4.78, 5) is 2.38. The van der Waals surface area contributed by atoms with Crippen molar-refractivity contribution in [1.82, 2.24) is 0 Å². The number of nitrogens with zero attached hydrogens (tertiary/aromatic N) is 2. The minimum atomic E-state index is 0. The van der Waals surface area contributed by atoms with Gasteiger partial charge in [0, 0.05) is 37.3 Å². The first-order chi connectivity index (χ1) is 9.92. The van der Waals surface area contributed by atoms with Crippen LogP contribution >= 0.6 is 12.4 Å². The van der Waals surface area contributed by atoms with E-state index in [1.165, 1.54) is 11.3 Å². The fourth-order valence-corrected chi connectivity index (χ4v) is 2.53. The average Bonchev–Trinajstić information content (AvgIpc) is 2.55. The second-order valence-electron chi connectivity index (χ2n) is 5.13. The van der Waals surface area contributed by atoms with Gasteiger partial charge in [0.2, 0.25) is 0 Å². The third-order valence-electron chi connectivity index (χ3n) is 3.75. The Bertz CT molecular complexity index is 524. The van der Waals surface area contributed by atoms with Crippen LogP contribution in [0.25, 0.3) is 0 Å². The maximum Gasteiger partial charge on any atom is 0.170 e. The number of aromatic nitrogens is 1. The number of pyridine rings is 1. The molecule has 0 aliphatic carbocycles. The van der Waals surface area contributed by atoms with Gasteiger partial charge in [-0.2, -0.15) is 0 Å². The van der Waals surface area contributed by atoms with E-state index in [4.69, 9.17) is 4.74 Å². The van der Waals surface area contributed by atoms with Crippen molar-refractivity contribution in [3.63, 3.8) is 0 Å². The summed E-state index contributed by atoms with van der Waals surface area (Å²) in [5.74, 6) is 0. The van der Waals surface area contributed by atoms with Crippen molar-refractivity contribution >= 4 is 18.1 Å². The quantitative estimate of drug-likeness (QED) is 0.807. The van der Waals surface area contributed by atoms with Crippen LogP contribution in [0.3, 0.4) is 0 Å². The van der Waals surface area contributed by atoms with E-state index >= 15 is 0 Å². The largest absolute Gasteiger partial charge is 0.378 e. The zero-order chi connectivity index (χ0) is 13.6. The summed E-state index contributed by atoms with van der Waals surface area (Å²) >= 11 is 0. The molecule has 2 heterocycles. The molecule has 2 aromatic rings. The van der Waals surface area contributed by atoms with E-state index in [1.807, 2.05) is 0 Å². The van der Waals surface area contributed by atoms with Crippen LogP contribution in [0.4, 0.5) is 5.69 Å². The van der Waals surface area contributed by atoms with Crippen LogP contribution in [0.2, 0.25) is 0 Å². The van der Waals surface area contributed by atoms with Gasteiger partial charge in [-0.25, -0.2) is 4.57 Å². The lowest BCUT2D eigenvalue weighted by Crippen LogP contribution is -2.38. The molecule has 0 unspecified atom stereocenters. The standard InChI is InChI=1S/C17H21N2O.ClH/c1-2-4-16(5-3-1)6-9-18-10-7-17(8-11-18)19-12-14-20-15-13-19;/h1-5,7-8,10-11H,6,9,12-15H2;1H/q+1;. The van der Waals surface area contributed by atoms with Crippen molar-refractivity contribution in [2.24, 2.45) is 0 Å². The summed E-state index contributed by atoms with van der Waals surface area (Å²) in [6.45, 7) is 4.68. The third-order valence-corrected chi connectivity index (χ3v) is 3.75. The smallest absolute Gasteiger partial charge is 0.170 e. The summed E-state index contributed by atoms with van der Waals surface area (Å²) in [6.07, 6.45) is 5.42. The molecule has 112 valence electrons. The highest BCUT2D eigenvalue weighted by Gasteiger charge is 2.12. The predicted molar refractivity (Wildman–Crippen MR) is 87.1 cm³/mol. The number of rotatable bonds is 4. The summed E-state index contributed by atoms with van der Waals surface area (Å²) in [7, 11) is 0. The molecule has 1 aromatic carbocycles. The Morgan fingerprint density at radius 3 is 2.29 bits per heavy atom. The number of ether oxygens (including phenoxy) is 1. The molecular weight excluding hydrogens is 284 g/mol. The zero-order valence-electron chi connectivity index (χ0n) is 12.1. The van der Waals surface area contributed by atoms with Crippen molar-refractivity contribution in [3.05, 3.63) is 60.4 Å². The lowest BCUT2D eigenvalue weighted by molar-refractivity contribution is -0.696. The van der Waals surface area contributed by atoms with E-state index in [9.17, 15) is 0 Å². The minimum Gasteiger partial charge on any atom is -0.378 e. The number of halogens is 1. The second-order valence-corrected chi connectivity index (χ2v) is 5.13. The van der Waals surface area contributed by atoms with E-state index in [-0.39, 0.29) is 12.4 Å². The monoisotopic (exact) mass is 305 g/mol. The normalized spacial score (nSPS) is 14.6. The molecule has 4 heteroatoms. The van der Waals surface area contributed by atoms with Gasteiger partial charge in [0.05, 0.1) is 13.2 Å². The Hall–Kier alpha value is -1.58. The van der Waals surface area contributed by atoms with E-state index in [0.717, 1.165) is 39.3 Å². The first-order valence-electron chi connectivity index (χ1n) is 7.27. The average molecular weight is 306 g/mol. The molecule has 0 bridgehead atoms. The highest BCUT2D eigenvalue weighted by Crippen LogP contribution is 2.13. The highest BCUT2D eigenvalue weighted by atomic mass is 35.5. The fraction of sp³-hybridized carbons (Fsp3) is 0.353. The SMILES string of the molecule is Cl.c1ccc(CC[n+]2ccc(N3CCOCC3)cc2)cc1. The second kappa shape index (κ2) is 8.01. The van der Waals surface area contributed by atoms with Crippen molar-refractivity contribution in [2.45, 2.75) is 13.0 Å². The number of aryl methyl sites for hydroxylation is 2. The molecule has 0 atom stereocenters. The molecule has 0 radical (unpaired) electrons. The molecule has 1 aromatic heterocycles. The molecule has 1 saturated heterocycles. The molecule has 0 N–H and O–H groups in total. The molecule has 0 saturated carbocycles. The molecule has 0 spiro atoms. The zero-order valence-corrected chi connectivity index (χ0v) is 13.0. The fourth-order valence-electron chi connectivity index (χ4n) is 2.53. The number of hydrogen-bond acceptors (Lipinski definition) is 2. The molecule has 3 rings (SSSR count). The van der Waals surface area contributed by atoms with Crippen LogP contribution in [0, 0.1) is 0 Å². The van der Waals surface area contributed by atoms with Gasteiger partial charge in [-0.3, -0.25) is 0 Å². The van der Waals surface area contributed by atoms with Crippen molar-refractivity contribution in [2.75, 3.05) is 31.2 Å². The highest BCUT2D eigenvalue weighted by molar-refractivity contribution is 5.85. The van der Waals surface area contributed by atoms with Crippen molar-refractivity contribution < 1.29 is 9.30 Å². The van der Waals surface area contributed by atoms with E-state index in [0.29, 0.717) is 0 Å². The van der Waals surface area contributed by atoms with Gasteiger partial charge >= 0.3 is 0 Å². The minimum absolute atomic E-state index is 0. The maximum absolute atomic E-state index is 5.39. The molecular formula is C17H22ClN2O+. The summed E-state index contributed by atoms with van der Waals surface area (Å²) in [5.41, 5.74) is 2.68. The number of morpholine rings is 1. The Balaban J connectivity index is 0.00000161. The lowest BCUT2D eigenvalue weighted by atomic mass is 10.1. The third kappa shape index (κ3) is 4.45. The van der Waals surface area contributed by atoms with Gasteiger partial charge in [-0.05, 0) is 5.56 Å². The number of anilines is 1. The van der Waals surface area contributed by atoms with Gasteiger partial charge in [0.15, 0.2) is 18.9 Å². The lowest BCUT2D eigenvalue weighted by Gasteiger charge is -2.28. The van der Waals surface area contributed by atoms with Gasteiger partial charge in [0.25, 0.3) is 0 Å².